The molecule has 0 saturated heterocycles. The molecule has 8 heteroatoms. The van der Waals surface area contributed by atoms with E-state index in [1.807, 2.05) is 13.8 Å². The Morgan fingerprint density at radius 1 is 1.09 bits per heavy atom. The van der Waals surface area contributed by atoms with Crippen LogP contribution in [-0.4, -0.2) is 52.1 Å². The number of phenols is 1. The summed E-state index contributed by atoms with van der Waals surface area (Å²) in [7, 11) is 0. The summed E-state index contributed by atoms with van der Waals surface area (Å²) in [5.74, 6) is -0.582. The Balaban J connectivity index is 3.33. The largest absolute Gasteiger partial charge is 0.508 e. The number of carbonyl (C=O) groups excluding carboxylic acids is 3. The predicted molar refractivity (Wildman–Crippen MR) is 129 cm³/mol. The van der Waals surface area contributed by atoms with Crippen molar-refractivity contribution >= 4 is 17.9 Å². The van der Waals surface area contributed by atoms with E-state index in [1.165, 1.54) is 11.0 Å². The van der Waals surface area contributed by atoms with Crippen molar-refractivity contribution in [1.29, 1.82) is 0 Å². The fourth-order valence-electron chi connectivity index (χ4n) is 3.38. The van der Waals surface area contributed by atoms with Gasteiger partial charge in [0.25, 0.3) is 0 Å². The maximum atomic E-state index is 13.5. The highest BCUT2D eigenvalue weighted by atomic mass is 16.6. The molecule has 186 valence electrons. The molecule has 0 aliphatic heterocycles. The third-order valence-electron chi connectivity index (χ3n) is 4.92. The van der Waals surface area contributed by atoms with Gasteiger partial charge in [0.05, 0.1) is 0 Å². The molecule has 0 aliphatic carbocycles. The Morgan fingerprint density at radius 3 is 2.24 bits per heavy atom. The first kappa shape index (κ1) is 28.3. The topological polar surface area (TPSA) is 108 Å². The van der Waals surface area contributed by atoms with Crippen molar-refractivity contribution in [3.63, 3.8) is 0 Å². The van der Waals surface area contributed by atoms with Crippen LogP contribution in [-0.2, 0) is 14.3 Å². The van der Waals surface area contributed by atoms with E-state index in [4.69, 9.17) is 4.74 Å². The summed E-state index contributed by atoms with van der Waals surface area (Å²) in [6.07, 6.45) is 1.87. The number of amides is 3. The van der Waals surface area contributed by atoms with E-state index in [0.717, 1.165) is 12.8 Å². The highest BCUT2D eigenvalue weighted by Crippen LogP contribution is 2.27. The number of carbonyl (C=O) groups is 3. The van der Waals surface area contributed by atoms with E-state index in [2.05, 4.69) is 17.6 Å². The van der Waals surface area contributed by atoms with Crippen molar-refractivity contribution in [3.8, 4) is 5.75 Å². The van der Waals surface area contributed by atoms with Crippen molar-refractivity contribution in [2.75, 3.05) is 6.54 Å². The van der Waals surface area contributed by atoms with E-state index >= 15 is 0 Å². The molecule has 0 heterocycles. The summed E-state index contributed by atoms with van der Waals surface area (Å²) < 4.78 is 5.28. The molecule has 1 aromatic rings. The smallest absolute Gasteiger partial charge is 0.408 e. The first-order valence-corrected chi connectivity index (χ1v) is 11.7. The van der Waals surface area contributed by atoms with Gasteiger partial charge in [-0.15, -0.1) is 0 Å². The molecule has 0 radical (unpaired) electrons. The molecule has 0 aromatic heterocycles. The van der Waals surface area contributed by atoms with Gasteiger partial charge >= 0.3 is 6.09 Å². The summed E-state index contributed by atoms with van der Waals surface area (Å²) in [4.78, 5) is 40.6. The fraction of sp³-hybridized carbons (Fsp3) is 0.640. The second-order valence-electron chi connectivity index (χ2n) is 9.72. The normalized spacial score (nSPS) is 13.2. The number of nitrogens with zero attached hydrogens (tertiary/aromatic N) is 1. The van der Waals surface area contributed by atoms with Crippen molar-refractivity contribution in [2.45, 2.75) is 98.4 Å². The summed E-state index contributed by atoms with van der Waals surface area (Å²) in [6, 6.07) is 2.97. The first-order valence-electron chi connectivity index (χ1n) is 11.7. The van der Waals surface area contributed by atoms with Crippen LogP contribution in [0.2, 0.25) is 0 Å². The lowest BCUT2D eigenvalue weighted by atomic mass is 9.99. The van der Waals surface area contributed by atoms with Crippen LogP contribution in [0.1, 0.15) is 84.9 Å². The number of unbranched alkanes of at least 4 members (excludes halogenated alkanes) is 2. The standard InChI is InChI=1S/C25H41N3O5/c1-9-10-11-14-28(23(31)18(5)27-24(32)33-25(6,7)8)21(22(30)26-16(2)3)19-12-13-20(29)17(4)15-19/h12-13,15-16,18,21,29H,9-11,14H2,1-8H3,(H,26,30)(H,27,32). The number of benzene rings is 1. The summed E-state index contributed by atoms with van der Waals surface area (Å²) >= 11 is 0. The third kappa shape index (κ3) is 9.32. The van der Waals surface area contributed by atoms with Gasteiger partial charge in [-0.3, -0.25) is 9.59 Å². The van der Waals surface area contributed by atoms with Gasteiger partial charge < -0.3 is 25.4 Å². The SMILES string of the molecule is CCCCCN(C(=O)C(C)NC(=O)OC(C)(C)C)C(C(=O)NC(C)C)c1ccc(O)c(C)c1. The van der Waals surface area contributed by atoms with E-state index < -0.39 is 23.8 Å². The molecule has 3 amide bonds. The molecular formula is C25H41N3O5. The monoisotopic (exact) mass is 463 g/mol. The maximum absolute atomic E-state index is 13.5. The van der Waals surface area contributed by atoms with Crippen molar-refractivity contribution in [2.24, 2.45) is 0 Å². The van der Waals surface area contributed by atoms with E-state index in [9.17, 15) is 19.5 Å². The van der Waals surface area contributed by atoms with Gasteiger partial charge in [-0.25, -0.2) is 4.79 Å². The van der Waals surface area contributed by atoms with Crippen molar-refractivity contribution in [3.05, 3.63) is 29.3 Å². The molecule has 0 aliphatic rings. The lowest BCUT2D eigenvalue weighted by Crippen LogP contribution is -2.52. The van der Waals surface area contributed by atoms with Gasteiger partial charge in [0, 0.05) is 12.6 Å². The Kier molecular flexibility index (Phi) is 10.7. The van der Waals surface area contributed by atoms with Crippen LogP contribution in [0.4, 0.5) is 4.79 Å². The molecule has 33 heavy (non-hydrogen) atoms. The summed E-state index contributed by atoms with van der Waals surface area (Å²) in [5, 5.41) is 15.5. The first-order chi connectivity index (χ1) is 15.3. The number of aromatic hydroxyl groups is 1. The molecular weight excluding hydrogens is 422 g/mol. The second kappa shape index (κ2) is 12.5. The van der Waals surface area contributed by atoms with Gasteiger partial charge in [0.2, 0.25) is 11.8 Å². The molecule has 0 bridgehead atoms. The van der Waals surface area contributed by atoms with Crippen LogP contribution in [0.3, 0.4) is 0 Å². The third-order valence-corrected chi connectivity index (χ3v) is 4.92. The zero-order chi connectivity index (χ0) is 25.3. The van der Waals surface area contributed by atoms with Crippen molar-refractivity contribution < 1.29 is 24.2 Å². The molecule has 0 fully saturated rings. The number of hydrogen-bond donors (Lipinski definition) is 3. The number of alkyl carbamates (subject to hydrolysis) is 1. The lowest BCUT2D eigenvalue weighted by Gasteiger charge is -2.34. The molecule has 8 nitrogen and oxygen atoms in total. The number of hydrogen-bond acceptors (Lipinski definition) is 5. The van der Waals surface area contributed by atoms with E-state index in [1.54, 1.807) is 46.8 Å². The van der Waals surface area contributed by atoms with Crippen LogP contribution in [0, 0.1) is 6.92 Å². The molecule has 1 aromatic carbocycles. The highest BCUT2D eigenvalue weighted by Gasteiger charge is 2.34. The van der Waals surface area contributed by atoms with E-state index in [0.29, 0.717) is 24.1 Å². The minimum atomic E-state index is -0.904. The van der Waals surface area contributed by atoms with Crippen LogP contribution in [0.25, 0.3) is 0 Å². The molecule has 2 unspecified atom stereocenters. The zero-order valence-electron chi connectivity index (χ0n) is 21.3. The molecule has 3 N–H and O–H groups in total. The Morgan fingerprint density at radius 2 is 1.73 bits per heavy atom. The average Bonchev–Trinajstić information content (AvgIpc) is 2.67. The molecule has 0 saturated carbocycles. The second-order valence-corrected chi connectivity index (χ2v) is 9.72. The molecule has 0 spiro atoms. The fourth-order valence-corrected chi connectivity index (χ4v) is 3.38. The molecule has 1 rings (SSSR count). The predicted octanol–water partition coefficient (Wildman–Crippen LogP) is 4.20. The maximum Gasteiger partial charge on any atom is 0.408 e. The quantitative estimate of drug-likeness (QED) is 0.451. The van der Waals surface area contributed by atoms with Gasteiger partial charge in [-0.05, 0) is 78.1 Å². The van der Waals surface area contributed by atoms with Gasteiger partial charge in [-0.2, -0.15) is 0 Å². The average molecular weight is 464 g/mol. The van der Waals surface area contributed by atoms with Crippen LogP contribution in [0.15, 0.2) is 18.2 Å². The number of ether oxygens (including phenoxy) is 1. The van der Waals surface area contributed by atoms with E-state index in [-0.39, 0.29) is 23.6 Å². The van der Waals surface area contributed by atoms with Crippen LogP contribution >= 0.6 is 0 Å². The Bertz CT molecular complexity index is 817. The number of rotatable bonds is 10. The van der Waals surface area contributed by atoms with Gasteiger partial charge in [-0.1, -0.05) is 25.8 Å². The number of nitrogens with one attached hydrogen (secondary N) is 2. The number of phenolic OH excluding ortho intramolecular Hbond substituents is 1. The Hall–Kier alpha value is -2.77. The lowest BCUT2D eigenvalue weighted by molar-refractivity contribution is -0.142. The van der Waals surface area contributed by atoms with Gasteiger partial charge in [0.15, 0.2) is 0 Å². The molecule has 2 atom stereocenters. The minimum absolute atomic E-state index is 0.116. The van der Waals surface area contributed by atoms with Crippen LogP contribution < -0.4 is 10.6 Å². The summed E-state index contributed by atoms with van der Waals surface area (Å²) in [6.45, 7) is 14.7. The van der Waals surface area contributed by atoms with Crippen molar-refractivity contribution in [1.82, 2.24) is 15.5 Å². The zero-order valence-corrected chi connectivity index (χ0v) is 21.3. The highest BCUT2D eigenvalue weighted by molar-refractivity contribution is 5.92. The summed E-state index contributed by atoms with van der Waals surface area (Å²) in [5.41, 5.74) is 0.505. The van der Waals surface area contributed by atoms with Crippen LogP contribution in [0.5, 0.6) is 5.75 Å². The number of aryl methyl sites for hydroxylation is 1. The minimum Gasteiger partial charge on any atom is -0.508 e. The Labute approximate surface area is 198 Å². The van der Waals surface area contributed by atoms with Gasteiger partial charge in [0.1, 0.15) is 23.4 Å².